The number of sulfonamides is 1. The molecule has 1 aromatic heterocycles. The zero-order valence-corrected chi connectivity index (χ0v) is 15.0. The molecule has 1 aliphatic carbocycles. The highest BCUT2D eigenvalue weighted by Crippen LogP contribution is 2.42. The fourth-order valence-electron chi connectivity index (χ4n) is 2.35. The molecule has 0 saturated heterocycles. The highest BCUT2D eigenvalue weighted by atomic mass is 35.5. The fourth-order valence-corrected chi connectivity index (χ4v) is 3.75. The Hall–Kier alpha value is -2.19. The number of halogens is 1. The minimum Gasteiger partial charge on any atom is -0.495 e. The normalized spacial score (nSPS) is 14.2. The predicted octanol–water partition coefficient (Wildman–Crippen LogP) is 2.28. The Labute approximate surface area is 150 Å². The molecule has 7 nitrogen and oxygen atoms in total. The van der Waals surface area contributed by atoms with Crippen LogP contribution in [0.15, 0.2) is 30.3 Å². The molecule has 0 radical (unpaired) electrons. The van der Waals surface area contributed by atoms with Crippen molar-refractivity contribution in [1.29, 1.82) is 0 Å². The molecule has 0 atom stereocenters. The van der Waals surface area contributed by atoms with Crippen LogP contribution in [0.1, 0.15) is 40.5 Å². The maximum Gasteiger partial charge on any atom is 0.285 e. The molecular weight excluding hydrogens is 366 g/mol. The van der Waals surface area contributed by atoms with Crippen LogP contribution in [0.25, 0.3) is 0 Å². The Morgan fingerprint density at radius 1 is 1.32 bits per heavy atom. The van der Waals surface area contributed by atoms with Crippen LogP contribution in [0.4, 0.5) is 0 Å². The van der Waals surface area contributed by atoms with Crippen molar-refractivity contribution in [3.63, 3.8) is 0 Å². The van der Waals surface area contributed by atoms with Gasteiger partial charge in [0.25, 0.3) is 5.91 Å². The van der Waals surface area contributed by atoms with Crippen LogP contribution in [0.2, 0.25) is 5.02 Å². The smallest absolute Gasteiger partial charge is 0.285 e. The molecule has 0 spiro atoms. The second kappa shape index (κ2) is 6.97. The van der Waals surface area contributed by atoms with E-state index in [0.717, 1.165) is 12.8 Å². The Morgan fingerprint density at radius 2 is 2.04 bits per heavy atom. The van der Waals surface area contributed by atoms with Gasteiger partial charge in [-0.3, -0.25) is 4.79 Å². The van der Waals surface area contributed by atoms with Crippen LogP contribution in [0.3, 0.4) is 0 Å². The number of hydrogen-bond acceptors (Lipinski definition) is 6. The predicted molar refractivity (Wildman–Crippen MR) is 92.1 cm³/mol. The van der Waals surface area contributed by atoms with Gasteiger partial charge in [-0.05, 0) is 24.5 Å². The summed E-state index contributed by atoms with van der Waals surface area (Å²) >= 11 is 5.96. The van der Waals surface area contributed by atoms with E-state index in [1.54, 1.807) is 24.3 Å². The number of nitrogens with zero attached hydrogens (tertiary/aromatic N) is 2. The second-order valence-corrected chi connectivity index (χ2v) is 7.87. The molecule has 1 fully saturated rings. The van der Waals surface area contributed by atoms with Gasteiger partial charge < -0.3 is 4.74 Å². The summed E-state index contributed by atoms with van der Waals surface area (Å²) in [5, 5.41) is 8.15. The quantitative estimate of drug-likeness (QED) is 0.824. The van der Waals surface area contributed by atoms with Gasteiger partial charge in [0, 0.05) is 17.0 Å². The van der Waals surface area contributed by atoms with Crippen molar-refractivity contribution in [1.82, 2.24) is 14.9 Å². The van der Waals surface area contributed by atoms with Gasteiger partial charge in [-0.25, -0.2) is 13.1 Å². The van der Waals surface area contributed by atoms with Crippen molar-refractivity contribution < 1.29 is 17.9 Å². The lowest BCUT2D eigenvalue weighted by molar-refractivity contribution is 0.0975. The summed E-state index contributed by atoms with van der Waals surface area (Å²) in [6.07, 6.45) is 2.01. The molecule has 9 heteroatoms. The lowest BCUT2D eigenvalue weighted by Crippen LogP contribution is -2.32. The third-order valence-corrected chi connectivity index (χ3v) is 5.31. The molecule has 1 aliphatic rings. The molecule has 0 bridgehead atoms. The molecule has 1 N–H and O–H groups in total. The highest BCUT2D eigenvalue weighted by Gasteiger charge is 2.30. The summed E-state index contributed by atoms with van der Waals surface area (Å²) in [5.41, 5.74) is 0.971. The zero-order valence-electron chi connectivity index (χ0n) is 13.4. The molecule has 0 aliphatic heterocycles. The first-order valence-corrected chi connectivity index (χ1v) is 9.62. The van der Waals surface area contributed by atoms with Crippen molar-refractivity contribution in [2.75, 3.05) is 7.11 Å². The van der Waals surface area contributed by atoms with Crippen LogP contribution in [0.5, 0.6) is 5.75 Å². The third kappa shape index (κ3) is 4.26. The summed E-state index contributed by atoms with van der Waals surface area (Å²) < 4.78 is 31.6. The first-order valence-electron chi connectivity index (χ1n) is 7.59. The van der Waals surface area contributed by atoms with E-state index in [1.807, 2.05) is 4.72 Å². The number of aromatic nitrogens is 2. The summed E-state index contributed by atoms with van der Waals surface area (Å²) in [5.74, 6) is -0.543. The standard InChI is InChI=1S/C16H16ClN3O4S/c1-24-14-8-13(18-19-15(14)10-6-7-10)16(21)20-25(22,23)9-11-4-2-3-5-12(11)17/h2-5,8,10H,6-7,9H2,1H3,(H,20,21). The molecule has 0 unspecified atom stereocenters. The van der Waals surface area contributed by atoms with Crippen molar-refractivity contribution >= 4 is 27.5 Å². The molecule has 1 amide bonds. The Morgan fingerprint density at radius 3 is 2.68 bits per heavy atom. The fraction of sp³-hybridized carbons (Fsp3) is 0.312. The van der Waals surface area contributed by atoms with E-state index in [4.69, 9.17) is 16.3 Å². The van der Waals surface area contributed by atoms with E-state index in [0.29, 0.717) is 27.9 Å². The average Bonchev–Trinajstić information content (AvgIpc) is 3.40. The van der Waals surface area contributed by atoms with Gasteiger partial charge in [0.15, 0.2) is 5.69 Å². The Kier molecular flexibility index (Phi) is 4.91. The van der Waals surface area contributed by atoms with Gasteiger partial charge in [0.05, 0.1) is 12.9 Å². The minimum absolute atomic E-state index is 0.121. The van der Waals surface area contributed by atoms with Gasteiger partial charge in [-0.1, -0.05) is 29.8 Å². The number of benzene rings is 1. The number of carbonyl (C=O) groups excluding carboxylic acids is 1. The molecule has 2 aromatic rings. The lowest BCUT2D eigenvalue weighted by Gasteiger charge is -2.09. The van der Waals surface area contributed by atoms with E-state index >= 15 is 0 Å². The number of carbonyl (C=O) groups is 1. The molecule has 1 aromatic carbocycles. The SMILES string of the molecule is COc1cc(C(=O)NS(=O)(=O)Cc2ccccc2Cl)nnc1C1CC1. The van der Waals surface area contributed by atoms with E-state index in [-0.39, 0.29) is 5.69 Å². The van der Waals surface area contributed by atoms with Gasteiger partial charge in [-0.2, -0.15) is 5.10 Å². The number of methoxy groups -OCH3 is 1. The molecule has 132 valence electrons. The van der Waals surface area contributed by atoms with Crippen LogP contribution >= 0.6 is 11.6 Å². The Bertz CT molecular complexity index is 913. The third-order valence-electron chi connectivity index (χ3n) is 3.75. The van der Waals surface area contributed by atoms with Crippen LogP contribution < -0.4 is 9.46 Å². The van der Waals surface area contributed by atoms with Gasteiger partial charge in [0.2, 0.25) is 10.0 Å². The number of ether oxygens (including phenoxy) is 1. The Balaban J connectivity index is 1.76. The lowest BCUT2D eigenvalue weighted by atomic mass is 10.2. The number of nitrogens with one attached hydrogen (secondary N) is 1. The van der Waals surface area contributed by atoms with Crippen molar-refractivity contribution in [2.24, 2.45) is 0 Å². The largest absolute Gasteiger partial charge is 0.495 e. The monoisotopic (exact) mass is 381 g/mol. The average molecular weight is 382 g/mol. The first kappa shape index (κ1) is 17.6. The zero-order chi connectivity index (χ0) is 18.0. The van der Waals surface area contributed by atoms with E-state index in [2.05, 4.69) is 10.2 Å². The van der Waals surface area contributed by atoms with Crippen molar-refractivity contribution in [2.45, 2.75) is 24.5 Å². The highest BCUT2D eigenvalue weighted by molar-refractivity contribution is 7.89. The van der Waals surface area contributed by atoms with E-state index in [1.165, 1.54) is 13.2 Å². The first-order chi connectivity index (χ1) is 11.9. The van der Waals surface area contributed by atoms with Crippen LogP contribution in [-0.4, -0.2) is 31.6 Å². The number of rotatable bonds is 6. The minimum atomic E-state index is -3.93. The maximum absolute atomic E-state index is 12.2. The van der Waals surface area contributed by atoms with Crippen LogP contribution in [-0.2, 0) is 15.8 Å². The van der Waals surface area contributed by atoms with E-state index in [9.17, 15) is 13.2 Å². The number of amides is 1. The van der Waals surface area contributed by atoms with Crippen molar-refractivity contribution in [3.05, 3.63) is 52.3 Å². The molecule has 25 heavy (non-hydrogen) atoms. The molecule has 1 saturated carbocycles. The summed E-state index contributed by atoms with van der Waals surface area (Å²) in [6.45, 7) is 0. The molecule has 1 heterocycles. The topological polar surface area (TPSA) is 98.2 Å². The molecular formula is C16H16ClN3O4S. The van der Waals surface area contributed by atoms with E-state index < -0.39 is 21.7 Å². The molecule has 3 rings (SSSR count). The number of hydrogen-bond donors (Lipinski definition) is 1. The van der Waals surface area contributed by atoms with Crippen LogP contribution in [0, 0.1) is 0 Å². The summed E-state index contributed by atoms with van der Waals surface area (Å²) in [7, 11) is -2.46. The van der Waals surface area contributed by atoms with Gasteiger partial charge in [-0.15, -0.1) is 5.10 Å². The van der Waals surface area contributed by atoms with Crippen molar-refractivity contribution in [3.8, 4) is 5.75 Å². The second-order valence-electron chi connectivity index (χ2n) is 5.74. The maximum atomic E-state index is 12.2. The summed E-state index contributed by atoms with van der Waals surface area (Å²) in [4.78, 5) is 12.2. The summed E-state index contributed by atoms with van der Waals surface area (Å²) in [6, 6.07) is 7.94. The van der Waals surface area contributed by atoms with Gasteiger partial charge >= 0.3 is 0 Å². The van der Waals surface area contributed by atoms with Gasteiger partial charge in [0.1, 0.15) is 11.4 Å².